The summed E-state index contributed by atoms with van der Waals surface area (Å²) in [5.74, 6) is -2.88. The number of rotatable bonds is 6. The number of fused-ring (bicyclic) bond motifs is 1. The van der Waals surface area contributed by atoms with Crippen LogP contribution in [0.25, 0.3) is 17.2 Å². The number of esters is 1. The Kier molecular flexibility index (Phi) is 6.42. The third-order valence-corrected chi connectivity index (χ3v) is 6.64. The molecule has 2 heterocycles. The molecule has 0 aliphatic heterocycles. The van der Waals surface area contributed by atoms with Crippen LogP contribution < -0.4 is 5.56 Å². The Labute approximate surface area is 200 Å². The van der Waals surface area contributed by atoms with Crippen molar-refractivity contribution in [1.29, 1.82) is 0 Å². The van der Waals surface area contributed by atoms with Crippen LogP contribution >= 0.6 is 0 Å². The lowest BCUT2D eigenvalue weighted by Crippen LogP contribution is -2.21. The third-order valence-electron chi connectivity index (χ3n) is 5.81. The van der Waals surface area contributed by atoms with Crippen molar-refractivity contribution in [3.63, 3.8) is 0 Å². The van der Waals surface area contributed by atoms with Crippen LogP contribution in [0.5, 0.6) is 0 Å². The van der Waals surface area contributed by atoms with Crippen LogP contribution in [0.4, 0.5) is 8.78 Å². The molecule has 4 rings (SSSR count). The highest BCUT2D eigenvalue weighted by molar-refractivity contribution is 7.89. The van der Waals surface area contributed by atoms with Gasteiger partial charge in [0.1, 0.15) is 11.6 Å². The number of aryl methyl sites for hydroxylation is 1. The van der Waals surface area contributed by atoms with Gasteiger partial charge < -0.3 is 9.30 Å². The predicted octanol–water partition coefficient (Wildman–Crippen LogP) is 3.22. The van der Waals surface area contributed by atoms with Crippen molar-refractivity contribution in [1.82, 2.24) is 9.55 Å². The number of carbonyl (C=O) groups is 1. The Balaban J connectivity index is 2.03. The van der Waals surface area contributed by atoms with Crippen molar-refractivity contribution in [2.24, 2.45) is 7.05 Å². The van der Waals surface area contributed by atoms with E-state index in [1.165, 1.54) is 17.7 Å². The van der Waals surface area contributed by atoms with Gasteiger partial charge in [-0.3, -0.25) is 9.78 Å². The highest BCUT2D eigenvalue weighted by Gasteiger charge is 2.24. The van der Waals surface area contributed by atoms with Gasteiger partial charge >= 0.3 is 5.97 Å². The summed E-state index contributed by atoms with van der Waals surface area (Å²) in [7, 11) is -0.766. The van der Waals surface area contributed by atoms with Gasteiger partial charge in [-0.05, 0) is 40.8 Å². The Morgan fingerprint density at radius 3 is 2.57 bits per heavy atom. The van der Waals surface area contributed by atoms with Gasteiger partial charge in [-0.1, -0.05) is 12.2 Å². The van der Waals surface area contributed by atoms with Crippen LogP contribution in [0.3, 0.4) is 0 Å². The van der Waals surface area contributed by atoms with Crippen molar-refractivity contribution in [3.05, 3.63) is 92.2 Å². The average Bonchev–Trinajstić information content (AvgIpc) is 3.27. The molecule has 10 heteroatoms. The molecule has 0 saturated carbocycles. The van der Waals surface area contributed by atoms with E-state index in [2.05, 4.69) is 4.98 Å². The van der Waals surface area contributed by atoms with Gasteiger partial charge in [-0.2, -0.15) is 0 Å². The van der Waals surface area contributed by atoms with E-state index in [1.807, 2.05) is 6.08 Å². The van der Waals surface area contributed by atoms with Crippen molar-refractivity contribution < 1.29 is 26.7 Å². The number of aromatic nitrogens is 2. The number of carbonyl (C=O) groups excluding carboxylic acids is 1. The van der Waals surface area contributed by atoms with Crippen molar-refractivity contribution in [3.8, 4) is 11.1 Å². The van der Waals surface area contributed by atoms with Crippen LogP contribution in [0.2, 0.25) is 0 Å². The Morgan fingerprint density at radius 2 is 1.91 bits per heavy atom. The number of nitrogens with zero attached hydrogens (tertiary/aromatic N) is 2. The first-order valence-electron chi connectivity index (χ1n) is 10.6. The molecular formula is C25H22F2N2O5S. The van der Waals surface area contributed by atoms with Crippen LogP contribution in [0.15, 0.2) is 41.5 Å². The summed E-state index contributed by atoms with van der Waals surface area (Å²) >= 11 is 0. The number of allylic oxidation sites excluding steroid dienone is 1. The van der Waals surface area contributed by atoms with E-state index >= 15 is 0 Å². The first kappa shape index (κ1) is 24.5. The second kappa shape index (κ2) is 9.18. The fourth-order valence-corrected chi connectivity index (χ4v) is 5.05. The van der Waals surface area contributed by atoms with E-state index < -0.39 is 33.2 Å². The van der Waals surface area contributed by atoms with Gasteiger partial charge in [0, 0.05) is 43.1 Å². The number of hydrogen-bond donors (Lipinski definition) is 0. The molecule has 0 bridgehead atoms. The van der Waals surface area contributed by atoms with Crippen molar-refractivity contribution >= 4 is 21.9 Å². The quantitative estimate of drug-likeness (QED) is 0.483. The smallest absolute Gasteiger partial charge is 0.338 e. The lowest BCUT2D eigenvalue weighted by atomic mass is 9.89. The van der Waals surface area contributed by atoms with E-state index in [4.69, 9.17) is 4.74 Å². The van der Waals surface area contributed by atoms with Crippen LogP contribution in [0.1, 0.15) is 38.3 Å². The summed E-state index contributed by atoms with van der Waals surface area (Å²) in [6.45, 7) is 0. The number of benzene rings is 1. The van der Waals surface area contributed by atoms with Gasteiger partial charge in [0.2, 0.25) is 0 Å². The van der Waals surface area contributed by atoms with E-state index in [9.17, 15) is 26.8 Å². The predicted molar refractivity (Wildman–Crippen MR) is 127 cm³/mol. The van der Waals surface area contributed by atoms with E-state index in [1.54, 1.807) is 25.4 Å². The highest BCUT2D eigenvalue weighted by Crippen LogP contribution is 2.35. The highest BCUT2D eigenvalue weighted by atomic mass is 32.2. The molecule has 35 heavy (non-hydrogen) atoms. The number of hydrogen-bond acceptors (Lipinski definition) is 6. The molecule has 1 aliphatic rings. The molecule has 3 aromatic rings. The molecule has 1 aromatic carbocycles. The van der Waals surface area contributed by atoms with E-state index in [-0.39, 0.29) is 28.8 Å². The summed E-state index contributed by atoms with van der Waals surface area (Å²) in [4.78, 5) is 29.0. The van der Waals surface area contributed by atoms with Crippen molar-refractivity contribution in [2.75, 3.05) is 13.4 Å². The standard InChI is InChI=1S/C25H22F2N2O5S/c1-29-12-21(17-5-4-6-18(17)24(29)30)19-8-15(13-35(3,32)33)20(25(31)34-2)7-14(19)9-23-22(27)10-16(26)11-28-23/h4-5,7-8,10-12H,6,9,13H2,1-3H3. The first-order valence-corrected chi connectivity index (χ1v) is 12.7. The zero-order valence-electron chi connectivity index (χ0n) is 19.3. The Bertz CT molecular complexity index is 1560. The number of halogens is 2. The van der Waals surface area contributed by atoms with Crippen LogP contribution in [0, 0.1) is 11.6 Å². The molecule has 0 N–H and O–H groups in total. The minimum Gasteiger partial charge on any atom is -0.465 e. The molecular weight excluding hydrogens is 478 g/mol. The molecule has 0 atom stereocenters. The number of methoxy groups -OCH3 is 1. The second-order valence-corrected chi connectivity index (χ2v) is 10.6. The third kappa shape index (κ3) is 4.93. The Morgan fingerprint density at radius 1 is 1.17 bits per heavy atom. The lowest BCUT2D eigenvalue weighted by Gasteiger charge is -2.18. The number of ether oxygens (including phenoxy) is 1. The average molecular weight is 501 g/mol. The topological polar surface area (TPSA) is 95.3 Å². The first-order chi connectivity index (χ1) is 16.5. The van der Waals surface area contributed by atoms with Gasteiger partial charge in [0.05, 0.1) is 30.3 Å². The Hall–Kier alpha value is -3.66. The van der Waals surface area contributed by atoms with E-state index in [0.29, 0.717) is 40.3 Å². The molecule has 2 aromatic heterocycles. The van der Waals surface area contributed by atoms with Gasteiger partial charge in [0.15, 0.2) is 9.84 Å². The molecule has 0 spiro atoms. The SMILES string of the molecule is COC(=O)c1cc(Cc2ncc(F)cc2F)c(-c2cn(C)c(=O)c3c2C=CC3)cc1CS(C)(=O)=O. The van der Waals surface area contributed by atoms with Crippen molar-refractivity contribution in [2.45, 2.75) is 18.6 Å². The summed E-state index contributed by atoms with van der Waals surface area (Å²) in [5, 5.41) is 0. The number of pyridine rings is 2. The van der Waals surface area contributed by atoms with Gasteiger partial charge in [-0.25, -0.2) is 22.0 Å². The monoisotopic (exact) mass is 500 g/mol. The normalized spacial score (nSPS) is 12.6. The maximum absolute atomic E-state index is 14.5. The van der Waals surface area contributed by atoms with Crippen LogP contribution in [-0.2, 0) is 40.2 Å². The van der Waals surface area contributed by atoms with E-state index in [0.717, 1.165) is 12.5 Å². The fourth-order valence-electron chi connectivity index (χ4n) is 4.25. The minimum atomic E-state index is -3.54. The molecule has 0 saturated heterocycles. The number of sulfone groups is 1. The molecule has 0 unspecified atom stereocenters. The maximum Gasteiger partial charge on any atom is 0.338 e. The summed E-state index contributed by atoms with van der Waals surface area (Å²) in [6.07, 6.45) is 7.53. The minimum absolute atomic E-state index is 0.0104. The van der Waals surface area contributed by atoms with Crippen LogP contribution in [-0.4, -0.2) is 37.3 Å². The summed E-state index contributed by atoms with van der Waals surface area (Å²) in [5.41, 5.74) is 2.77. The van der Waals surface area contributed by atoms with Gasteiger partial charge in [-0.15, -0.1) is 0 Å². The molecule has 0 amide bonds. The maximum atomic E-state index is 14.5. The largest absolute Gasteiger partial charge is 0.465 e. The zero-order valence-corrected chi connectivity index (χ0v) is 20.1. The molecule has 0 fully saturated rings. The zero-order chi connectivity index (χ0) is 25.5. The molecule has 182 valence electrons. The summed E-state index contributed by atoms with van der Waals surface area (Å²) in [6, 6.07) is 3.71. The lowest BCUT2D eigenvalue weighted by molar-refractivity contribution is 0.0599. The van der Waals surface area contributed by atoms with Gasteiger partial charge in [0.25, 0.3) is 5.56 Å². The summed E-state index contributed by atoms with van der Waals surface area (Å²) < 4.78 is 58.5. The molecule has 7 nitrogen and oxygen atoms in total. The molecule has 0 radical (unpaired) electrons. The molecule has 1 aliphatic carbocycles. The fraction of sp³-hybridized carbons (Fsp3) is 0.240. The second-order valence-electron chi connectivity index (χ2n) is 8.44.